The SMILES string of the molecule is C=CCn1c(SCC(=O)Nc2cccc(Cl)c2Cl)nnc1-c1cccc(C)c1. The van der Waals surface area contributed by atoms with Crippen molar-refractivity contribution < 1.29 is 4.79 Å². The number of carbonyl (C=O) groups is 1. The second-order valence-corrected chi connectivity index (χ2v) is 7.74. The molecule has 8 heteroatoms. The van der Waals surface area contributed by atoms with Gasteiger partial charge in [-0.05, 0) is 25.1 Å². The summed E-state index contributed by atoms with van der Waals surface area (Å²) in [6.07, 6.45) is 1.78. The third kappa shape index (κ3) is 4.76. The molecule has 0 aliphatic heterocycles. The second kappa shape index (κ2) is 9.28. The predicted octanol–water partition coefficient (Wildman–Crippen LogP) is 5.48. The number of allylic oxidation sites excluding steroid dienone is 1. The Labute approximate surface area is 177 Å². The molecule has 0 aliphatic rings. The fourth-order valence-corrected chi connectivity index (χ4v) is 3.70. The van der Waals surface area contributed by atoms with Gasteiger partial charge in [0.15, 0.2) is 11.0 Å². The van der Waals surface area contributed by atoms with Crippen molar-refractivity contribution in [2.45, 2.75) is 18.6 Å². The van der Waals surface area contributed by atoms with Gasteiger partial charge in [-0.15, -0.1) is 16.8 Å². The Kier molecular flexibility index (Phi) is 6.78. The summed E-state index contributed by atoms with van der Waals surface area (Å²) in [7, 11) is 0. The lowest BCUT2D eigenvalue weighted by Gasteiger charge is -2.09. The molecular weight excluding hydrogens is 415 g/mol. The fraction of sp³-hybridized carbons (Fsp3) is 0.150. The average molecular weight is 433 g/mol. The normalized spacial score (nSPS) is 10.7. The molecule has 5 nitrogen and oxygen atoms in total. The molecule has 0 aliphatic carbocycles. The third-order valence-corrected chi connectivity index (χ3v) is 5.65. The van der Waals surface area contributed by atoms with Gasteiger partial charge in [0, 0.05) is 12.1 Å². The first-order chi connectivity index (χ1) is 13.5. The van der Waals surface area contributed by atoms with Crippen LogP contribution in [0.25, 0.3) is 11.4 Å². The van der Waals surface area contributed by atoms with Gasteiger partial charge < -0.3 is 5.32 Å². The smallest absolute Gasteiger partial charge is 0.234 e. The summed E-state index contributed by atoms with van der Waals surface area (Å²) in [5.74, 6) is 0.690. The van der Waals surface area contributed by atoms with Gasteiger partial charge in [-0.25, -0.2) is 0 Å². The highest BCUT2D eigenvalue weighted by Crippen LogP contribution is 2.30. The van der Waals surface area contributed by atoms with Gasteiger partial charge in [0.05, 0.1) is 21.5 Å². The molecule has 1 N–H and O–H groups in total. The summed E-state index contributed by atoms with van der Waals surface area (Å²) in [5.41, 5.74) is 2.58. The van der Waals surface area contributed by atoms with Crippen LogP contribution in [-0.2, 0) is 11.3 Å². The summed E-state index contributed by atoms with van der Waals surface area (Å²) in [5, 5.41) is 12.7. The van der Waals surface area contributed by atoms with E-state index in [9.17, 15) is 4.79 Å². The molecule has 2 aromatic carbocycles. The summed E-state index contributed by atoms with van der Waals surface area (Å²) >= 11 is 13.4. The average Bonchev–Trinajstić information content (AvgIpc) is 3.07. The van der Waals surface area contributed by atoms with Crippen molar-refractivity contribution >= 4 is 46.6 Å². The molecule has 1 amide bonds. The van der Waals surface area contributed by atoms with Crippen LogP contribution in [0.1, 0.15) is 5.56 Å². The number of hydrogen-bond donors (Lipinski definition) is 1. The molecule has 0 unspecified atom stereocenters. The van der Waals surface area contributed by atoms with Crippen LogP contribution in [0.15, 0.2) is 60.3 Å². The van der Waals surface area contributed by atoms with Gasteiger partial charge in [-0.3, -0.25) is 9.36 Å². The van der Waals surface area contributed by atoms with E-state index in [1.807, 2.05) is 35.8 Å². The van der Waals surface area contributed by atoms with Gasteiger partial charge in [0.1, 0.15) is 0 Å². The Morgan fingerprint density at radius 3 is 2.79 bits per heavy atom. The van der Waals surface area contributed by atoms with Crippen LogP contribution in [0.2, 0.25) is 10.0 Å². The number of halogens is 2. The van der Waals surface area contributed by atoms with E-state index in [0.29, 0.717) is 27.4 Å². The largest absolute Gasteiger partial charge is 0.324 e. The van der Waals surface area contributed by atoms with Crippen LogP contribution in [0.5, 0.6) is 0 Å². The lowest BCUT2D eigenvalue weighted by atomic mass is 10.1. The lowest BCUT2D eigenvalue weighted by Crippen LogP contribution is -2.15. The minimum atomic E-state index is -0.209. The zero-order valence-electron chi connectivity index (χ0n) is 15.2. The van der Waals surface area contributed by atoms with Crippen molar-refractivity contribution in [1.29, 1.82) is 0 Å². The number of benzene rings is 2. The van der Waals surface area contributed by atoms with Crippen molar-refractivity contribution in [2.24, 2.45) is 0 Å². The van der Waals surface area contributed by atoms with Gasteiger partial charge in [0.2, 0.25) is 5.91 Å². The van der Waals surface area contributed by atoms with Gasteiger partial charge in [0.25, 0.3) is 0 Å². The molecule has 0 atom stereocenters. The van der Waals surface area contributed by atoms with Crippen LogP contribution in [-0.4, -0.2) is 26.4 Å². The van der Waals surface area contributed by atoms with E-state index in [1.165, 1.54) is 11.8 Å². The van der Waals surface area contributed by atoms with Crippen LogP contribution >= 0.6 is 35.0 Å². The van der Waals surface area contributed by atoms with Crippen LogP contribution in [0.4, 0.5) is 5.69 Å². The molecule has 144 valence electrons. The number of carbonyl (C=O) groups excluding carboxylic acids is 1. The third-order valence-electron chi connectivity index (χ3n) is 3.86. The fourth-order valence-electron chi connectivity index (χ4n) is 2.60. The maximum absolute atomic E-state index is 12.3. The second-order valence-electron chi connectivity index (χ2n) is 6.01. The first-order valence-corrected chi connectivity index (χ1v) is 10.2. The summed E-state index contributed by atoms with van der Waals surface area (Å²) in [6.45, 7) is 6.37. The number of aryl methyl sites for hydroxylation is 1. The Hall–Kier alpha value is -2.28. The summed E-state index contributed by atoms with van der Waals surface area (Å²) < 4.78 is 1.94. The van der Waals surface area contributed by atoms with E-state index in [2.05, 4.69) is 22.1 Å². The Balaban J connectivity index is 1.74. The number of nitrogens with zero attached hydrogens (tertiary/aromatic N) is 3. The number of hydrogen-bond acceptors (Lipinski definition) is 4. The highest BCUT2D eigenvalue weighted by molar-refractivity contribution is 7.99. The highest BCUT2D eigenvalue weighted by Gasteiger charge is 2.16. The number of aromatic nitrogens is 3. The van der Waals surface area contributed by atoms with E-state index in [-0.39, 0.29) is 11.7 Å². The quantitative estimate of drug-likeness (QED) is 0.396. The minimum absolute atomic E-state index is 0.159. The molecular formula is C20H18Cl2N4OS. The van der Waals surface area contributed by atoms with Crippen LogP contribution in [0.3, 0.4) is 0 Å². The van der Waals surface area contributed by atoms with Crippen LogP contribution < -0.4 is 5.32 Å². The summed E-state index contributed by atoms with van der Waals surface area (Å²) in [6, 6.07) is 13.1. The first kappa shape index (κ1) is 20.5. The molecule has 1 aromatic heterocycles. The van der Waals surface area contributed by atoms with Crippen molar-refractivity contribution in [3.05, 3.63) is 70.7 Å². The van der Waals surface area contributed by atoms with Crippen molar-refractivity contribution in [2.75, 3.05) is 11.1 Å². The number of amides is 1. The molecule has 3 aromatic rings. The van der Waals surface area contributed by atoms with Crippen molar-refractivity contribution in [3.8, 4) is 11.4 Å². The molecule has 3 rings (SSSR count). The minimum Gasteiger partial charge on any atom is -0.324 e. The van der Waals surface area contributed by atoms with E-state index in [1.54, 1.807) is 24.3 Å². The van der Waals surface area contributed by atoms with Crippen LogP contribution in [0, 0.1) is 6.92 Å². The monoisotopic (exact) mass is 432 g/mol. The Bertz CT molecular complexity index is 1020. The van der Waals surface area contributed by atoms with E-state index in [0.717, 1.165) is 17.0 Å². The Morgan fingerprint density at radius 1 is 1.25 bits per heavy atom. The van der Waals surface area contributed by atoms with E-state index in [4.69, 9.17) is 23.2 Å². The number of anilines is 1. The maximum Gasteiger partial charge on any atom is 0.234 e. The first-order valence-electron chi connectivity index (χ1n) is 8.47. The molecule has 0 saturated carbocycles. The highest BCUT2D eigenvalue weighted by atomic mass is 35.5. The molecule has 0 bridgehead atoms. The maximum atomic E-state index is 12.3. The lowest BCUT2D eigenvalue weighted by molar-refractivity contribution is -0.113. The summed E-state index contributed by atoms with van der Waals surface area (Å²) in [4.78, 5) is 12.3. The van der Waals surface area contributed by atoms with E-state index >= 15 is 0 Å². The molecule has 0 fully saturated rings. The van der Waals surface area contributed by atoms with Gasteiger partial charge in [-0.1, -0.05) is 70.9 Å². The number of rotatable bonds is 7. The predicted molar refractivity (Wildman–Crippen MR) is 116 cm³/mol. The van der Waals surface area contributed by atoms with Gasteiger partial charge >= 0.3 is 0 Å². The molecule has 0 spiro atoms. The molecule has 0 radical (unpaired) electrons. The Morgan fingerprint density at radius 2 is 2.04 bits per heavy atom. The number of thioether (sulfide) groups is 1. The molecule has 1 heterocycles. The molecule has 0 saturated heterocycles. The molecule has 28 heavy (non-hydrogen) atoms. The zero-order chi connectivity index (χ0) is 20.1. The zero-order valence-corrected chi connectivity index (χ0v) is 17.5. The topological polar surface area (TPSA) is 59.8 Å². The van der Waals surface area contributed by atoms with Crippen molar-refractivity contribution in [3.63, 3.8) is 0 Å². The number of nitrogens with one attached hydrogen (secondary N) is 1. The van der Waals surface area contributed by atoms with E-state index < -0.39 is 0 Å². The standard InChI is InChI=1S/C20H18Cl2N4OS/c1-3-10-26-19(14-7-4-6-13(2)11-14)24-25-20(26)28-12-17(27)23-16-9-5-8-15(21)18(16)22/h3-9,11H,1,10,12H2,2H3,(H,23,27). The van der Waals surface area contributed by atoms with Crippen molar-refractivity contribution in [1.82, 2.24) is 14.8 Å². The van der Waals surface area contributed by atoms with Gasteiger partial charge in [-0.2, -0.15) is 0 Å².